The summed E-state index contributed by atoms with van der Waals surface area (Å²) in [4.78, 5) is 10.6. The van der Waals surface area contributed by atoms with Crippen molar-refractivity contribution in [2.75, 3.05) is 14.2 Å². The second-order valence-electron chi connectivity index (χ2n) is 2.62. The predicted octanol–water partition coefficient (Wildman–Crippen LogP) is 1.65. The number of carbonyl (C=O) groups excluding carboxylic acids is 1. The van der Waals surface area contributed by atoms with Crippen molar-refractivity contribution in [2.24, 2.45) is 0 Å². The van der Waals surface area contributed by atoms with Gasteiger partial charge in [-0.05, 0) is 23.8 Å². The van der Waals surface area contributed by atoms with E-state index in [1.54, 1.807) is 32.4 Å². The smallest absolute Gasteiger partial charge is 0.150 e. The zero-order valence-electron chi connectivity index (χ0n) is 7.74. The molecule has 0 saturated heterocycles. The Morgan fingerprint density at radius 2 is 2.15 bits per heavy atom. The minimum atomic E-state index is 0.422. The molecule has 0 heterocycles. The lowest BCUT2D eigenvalue weighted by molar-refractivity contribution is 0.111. The molecular formula is C10H12O3. The van der Waals surface area contributed by atoms with E-state index in [2.05, 4.69) is 0 Å². The first kappa shape index (κ1) is 9.74. The average molecular weight is 180 g/mol. The summed E-state index contributed by atoms with van der Waals surface area (Å²) in [5.74, 6) is 0.734. The van der Waals surface area contributed by atoms with Crippen molar-refractivity contribution in [3.63, 3.8) is 0 Å². The van der Waals surface area contributed by atoms with E-state index in [0.29, 0.717) is 12.2 Å². The average Bonchev–Trinajstić information content (AvgIpc) is 2.18. The number of rotatable bonds is 4. The molecule has 0 unspecified atom stereocenters. The fraction of sp³-hybridized carbons (Fsp3) is 0.300. The highest BCUT2D eigenvalue weighted by Gasteiger charge is 2.02. The maximum absolute atomic E-state index is 10.6. The van der Waals surface area contributed by atoms with Crippen LogP contribution in [0, 0.1) is 0 Å². The standard InChI is InChI=1S/C10H12O3/c1-12-7-9-5-10(13-2)4-3-8(9)6-11/h3-6H,7H2,1-2H3. The maximum Gasteiger partial charge on any atom is 0.150 e. The topological polar surface area (TPSA) is 35.5 Å². The van der Waals surface area contributed by atoms with Crippen LogP contribution in [0.1, 0.15) is 15.9 Å². The van der Waals surface area contributed by atoms with Crippen molar-refractivity contribution in [2.45, 2.75) is 6.61 Å². The van der Waals surface area contributed by atoms with Crippen molar-refractivity contribution in [3.05, 3.63) is 29.3 Å². The van der Waals surface area contributed by atoms with Gasteiger partial charge in [-0.2, -0.15) is 0 Å². The normalized spacial score (nSPS) is 9.69. The molecule has 0 aliphatic heterocycles. The number of carbonyl (C=O) groups is 1. The quantitative estimate of drug-likeness (QED) is 0.661. The Labute approximate surface area is 77.3 Å². The molecular weight excluding hydrogens is 168 g/mol. The van der Waals surface area contributed by atoms with Crippen molar-refractivity contribution in [1.82, 2.24) is 0 Å². The Balaban J connectivity index is 3.02. The Kier molecular flexibility index (Phi) is 3.46. The van der Waals surface area contributed by atoms with E-state index >= 15 is 0 Å². The molecule has 3 nitrogen and oxygen atoms in total. The third-order valence-electron chi connectivity index (χ3n) is 1.78. The zero-order chi connectivity index (χ0) is 9.68. The summed E-state index contributed by atoms with van der Waals surface area (Å²) in [5.41, 5.74) is 1.49. The minimum Gasteiger partial charge on any atom is -0.497 e. The van der Waals surface area contributed by atoms with Crippen molar-refractivity contribution >= 4 is 6.29 Å². The second-order valence-corrected chi connectivity index (χ2v) is 2.62. The van der Waals surface area contributed by atoms with Gasteiger partial charge in [-0.15, -0.1) is 0 Å². The molecule has 1 aromatic carbocycles. The first-order chi connectivity index (χ1) is 6.31. The largest absolute Gasteiger partial charge is 0.497 e. The van der Waals surface area contributed by atoms with Gasteiger partial charge in [0.25, 0.3) is 0 Å². The molecule has 0 aromatic heterocycles. The van der Waals surface area contributed by atoms with Gasteiger partial charge in [0.1, 0.15) is 12.0 Å². The predicted molar refractivity (Wildman–Crippen MR) is 49.1 cm³/mol. The van der Waals surface area contributed by atoms with E-state index < -0.39 is 0 Å². The van der Waals surface area contributed by atoms with Crippen LogP contribution in [0.15, 0.2) is 18.2 Å². The molecule has 13 heavy (non-hydrogen) atoms. The second kappa shape index (κ2) is 4.62. The van der Waals surface area contributed by atoms with E-state index in [9.17, 15) is 4.79 Å². The number of methoxy groups -OCH3 is 2. The van der Waals surface area contributed by atoms with Crippen LogP contribution in [0.4, 0.5) is 0 Å². The number of aldehydes is 1. The highest BCUT2D eigenvalue weighted by Crippen LogP contribution is 2.16. The summed E-state index contributed by atoms with van der Waals surface area (Å²) in [7, 11) is 3.18. The fourth-order valence-corrected chi connectivity index (χ4v) is 1.10. The molecule has 0 atom stereocenters. The molecule has 70 valence electrons. The van der Waals surface area contributed by atoms with E-state index in [-0.39, 0.29) is 0 Å². The van der Waals surface area contributed by atoms with Crippen LogP contribution in [-0.2, 0) is 11.3 Å². The van der Waals surface area contributed by atoms with Gasteiger partial charge in [0.15, 0.2) is 0 Å². The van der Waals surface area contributed by atoms with Gasteiger partial charge in [-0.25, -0.2) is 0 Å². The fourth-order valence-electron chi connectivity index (χ4n) is 1.10. The zero-order valence-corrected chi connectivity index (χ0v) is 7.74. The van der Waals surface area contributed by atoms with Gasteiger partial charge < -0.3 is 9.47 Å². The molecule has 1 rings (SSSR count). The number of hydrogen-bond acceptors (Lipinski definition) is 3. The minimum absolute atomic E-state index is 0.422. The van der Waals surface area contributed by atoms with Crippen LogP contribution in [0.25, 0.3) is 0 Å². The lowest BCUT2D eigenvalue weighted by atomic mass is 10.1. The molecule has 0 amide bonds. The molecule has 0 N–H and O–H groups in total. The SMILES string of the molecule is COCc1cc(OC)ccc1C=O. The Morgan fingerprint density at radius 3 is 2.69 bits per heavy atom. The van der Waals surface area contributed by atoms with Crippen LogP contribution < -0.4 is 4.74 Å². The van der Waals surface area contributed by atoms with Crippen LogP contribution in [0.2, 0.25) is 0 Å². The first-order valence-electron chi connectivity index (χ1n) is 3.93. The molecule has 0 aliphatic rings. The van der Waals surface area contributed by atoms with Crippen molar-refractivity contribution < 1.29 is 14.3 Å². The van der Waals surface area contributed by atoms with Crippen LogP contribution in [-0.4, -0.2) is 20.5 Å². The Bertz CT molecular complexity index is 294. The summed E-state index contributed by atoms with van der Waals surface area (Å²) in [6, 6.07) is 5.27. The Morgan fingerprint density at radius 1 is 1.38 bits per heavy atom. The number of ether oxygens (including phenoxy) is 2. The van der Waals surface area contributed by atoms with Crippen LogP contribution in [0.5, 0.6) is 5.75 Å². The van der Waals surface area contributed by atoms with Gasteiger partial charge in [0.2, 0.25) is 0 Å². The monoisotopic (exact) mass is 180 g/mol. The lowest BCUT2D eigenvalue weighted by Gasteiger charge is -2.05. The lowest BCUT2D eigenvalue weighted by Crippen LogP contribution is -1.95. The molecule has 0 fully saturated rings. The maximum atomic E-state index is 10.6. The summed E-state index contributed by atoms with van der Waals surface area (Å²) < 4.78 is 9.98. The molecule has 0 radical (unpaired) electrons. The first-order valence-corrected chi connectivity index (χ1v) is 3.93. The summed E-state index contributed by atoms with van der Waals surface area (Å²) in [5, 5.41) is 0. The number of hydrogen-bond donors (Lipinski definition) is 0. The van der Waals surface area contributed by atoms with Gasteiger partial charge in [0.05, 0.1) is 13.7 Å². The van der Waals surface area contributed by atoms with Crippen molar-refractivity contribution in [3.8, 4) is 5.75 Å². The third-order valence-corrected chi connectivity index (χ3v) is 1.78. The van der Waals surface area contributed by atoms with Gasteiger partial charge >= 0.3 is 0 Å². The molecule has 3 heteroatoms. The van der Waals surface area contributed by atoms with E-state index in [4.69, 9.17) is 9.47 Å². The summed E-state index contributed by atoms with van der Waals surface area (Å²) in [6.45, 7) is 0.422. The highest BCUT2D eigenvalue weighted by atomic mass is 16.5. The Hall–Kier alpha value is -1.35. The molecule has 0 aliphatic carbocycles. The molecule has 1 aromatic rings. The van der Waals surface area contributed by atoms with Crippen molar-refractivity contribution in [1.29, 1.82) is 0 Å². The van der Waals surface area contributed by atoms with E-state index in [1.807, 2.05) is 0 Å². The molecule has 0 spiro atoms. The summed E-state index contributed by atoms with van der Waals surface area (Å²) >= 11 is 0. The van der Waals surface area contributed by atoms with E-state index in [0.717, 1.165) is 17.6 Å². The number of benzene rings is 1. The summed E-state index contributed by atoms with van der Waals surface area (Å²) in [6.07, 6.45) is 0.813. The highest BCUT2D eigenvalue weighted by molar-refractivity contribution is 5.77. The van der Waals surface area contributed by atoms with Gasteiger partial charge in [-0.1, -0.05) is 0 Å². The molecule has 0 saturated carbocycles. The third kappa shape index (κ3) is 2.29. The van der Waals surface area contributed by atoms with Crippen LogP contribution >= 0.6 is 0 Å². The van der Waals surface area contributed by atoms with Gasteiger partial charge in [-0.3, -0.25) is 4.79 Å². The van der Waals surface area contributed by atoms with Crippen LogP contribution in [0.3, 0.4) is 0 Å². The van der Waals surface area contributed by atoms with Gasteiger partial charge in [0, 0.05) is 12.7 Å². The van der Waals surface area contributed by atoms with E-state index in [1.165, 1.54) is 0 Å². The molecule has 0 bridgehead atoms.